The number of carbonyl (C=O) groups excluding carboxylic acids is 2. The minimum absolute atomic E-state index is 0.0723. The molecular weight excluding hydrogens is 278 g/mol. The van der Waals surface area contributed by atoms with Crippen LogP contribution in [0.25, 0.3) is 0 Å². The van der Waals surface area contributed by atoms with Crippen molar-refractivity contribution in [3.63, 3.8) is 0 Å². The molecule has 2 aromatic rings. The molecule has 1 N–H and O–H groups in total. The molecular formula is C18H19NO3. The smallest absolute Gasteiger partial charge is 0.262 e. The van der Waals surface area contributed by atoms with Gasteiger partial charge in [0, 0.05) is 11.3 Å². The molecule has 0 aliphatic carbocycles. The van der Waals surface area contributed by atoms with E-state index in [0.29, 0.717) is 11.3 Å². The summed E-state index contributed by atoms with van der Waals surface area (Å²) >= 11 is 0. The Morgan fingerprint density at radius 3 is 2.36 bits per heavy atom. The molecule has 0 atom stereocenters. The van der Waals surface area contributed by atoms with E-state index >= 15 is 0 Å². The van der Waals surface area contributed by atoms with E-state index in [1.54, 1.807) is 24.3 Å². The summed E-state index contributed by atoms with van der Waals surface area (Å²) in [5.41, 5.74) is 2.58. The Kier molecular flexibility index (Phi) is 5.72. The van der Waals surface area contributed by atoms with Gasteiger partial charge in [-0.15, -0.1) is 0 Å². The van der Waals surface area contributed by atoms with Gasteiger partial charge in [0.15, 0.2) is 6.61 Å². The maximum absolute atomic E-state index is 11.8. The second-order valence-corrected chi connectivity index (χ2v) is 4.97. The first-order chi connectivity index (χ1) is 10.7. The van der Waals surface area contributed by atoms with Crippen molar-refractivity contribution in [1.82, 2.24) is 0 Å². The van der Waals surface area contributed by atoms with Gasteiger partial charge >= 0.3 is 0 Å². The number of benzene rings is 2. The van der Waals surface area contributed by atoms with Crippen LogP contribution in [-0.2, 0) is 11.2 Å². The molecule has 2 rings (SSSR count). The molecule has 0 fully saturated rings. The van der Waals surface area contributed by atoms with E-state index in [4.69, 9.17) is 4.74 Å². The van der Waals surface area contributed by atoms with Gasteiger partial charge in [-0.1, -0.05) is 25.5 Å². The molecule has 4 nitrogen and oxygen atoms in total. The molecule has 0 radical (unpaired) electrons. The van der Waals surface area contributed by atoms with Gasteiger partial charge in [0.05, 0.1) is 0 Å². The van der Waals surface area contributed by atoms with Gasteiger partial charge in [0.25, 0.3) is 5.91 Å². The highest BCUT2D eigenvalue weighted by molar-refractivity contribution is 5.91. The summed E-state index contributed by atoms with van der Waals surface area (Å²) in [7, 11) is 0. The van der Waals surface area contributed by atoms with E-state index in [2.05, 4.69) is 12.2 Å². The standard InChI is InChI=1S/C18H19NO3/c1-2-3-14-4-8-16(9-5-14)19-18(21)13-22-17-10-6-15(12-20)7-11-17/h4-12H,2-3,13H2,1H3,(H,19,21). The van der Waals surface area contributed by atoms with E-state index in [0.717, 1.165) is 24.8 Å². The molecule has 0 aromatic heterocycles. The van der Waals surface area contributed by atoms with E-state index in [1.807, 2.05) is 24.3 Å². The van der Waals surface area contributed by atoms with Crippen molar-refractivity contribution in [3.8, 4) is 5.75 Å². The van der Waals surface area contributed by atoms with Crippen LogP contribution in [0.5, 0.6) is 5.75 Å². The zero-order valence-electron chi connectivity index (χ0n) is 12.5. The molecule has 2 aromatic carbocycles. The predicted molar refractivity (Wildman–Crippen MR) is 86.4 cm³/mol. The lowest BCUT2D eigenvalue weighted by atomic mass is 10.1. The normalized spacial score (nSPS) is 10.0. The molecule has 0 spiro atoms. The lowest BCUT2D eigenvalue weighted by molar-refractivity contribution is -0.118. The Balaban J connectivity index is 1.82. The van der Waals surface area contributed by atoms with Crippen LogP contribution in [-0.4, -0.2) is 18.8 Å². The third-order valence-electron chi connectivity index (χ3n) is 3.16. The van der Waals surface area contributed by atoms with Crippen LogP contribution in [0.3, 0.4) is 0 Å². The van der Waals surface area contributed by atoms with Gasteiger partial charge in [-0.2, -0.15) is 0 Å². The summed E-state index contributed by atoms with van der Waals surface area (Å²) in [6.45, 7) is 2.06. The van der Waals surface area contributed by atoms with Gasteiger partial charge in [-0.25, -0.2) is 0 Å². The summed E-state index contributed by atoms with van der Waals surface area (Å²) in [5, 5.41) is 2.78. The number of hydrogen-bond acceptors (Lipinski definition) is 3. The van der Waals surface area contributed by atoms with Crippen molar-refractivity contribution in [3.05, 3.63) is 59.7 Å². The maximum atomic E-state index is 11.8. The minimum Gasteiger partial charge on any atom is -0.484 e. The molecule has 114 valence electrons. The molecule has 1 amide bonds. The zero-order chi connectivity index (χ0) is 15.8. The summed E-state index contributed by atoms with van der Waals surface area (Å²) < 4.78 is 5.37. The Hall–Kier alpha value is -2.62. The van der Waals surface area contributed by atoms with Crippen LogP contribution in [0.4, 0.5) is 5.69 Å². The monoisotopic (exact) mass is 297 g/mol. The van der Waals surface area contributed by atoms with E-state index in [9.17, 15) is 9.59 Å². The Labute approximate surface area is 130 Å². The molecule has 4 heteroatoms. The van der Waals surface area contributed by atoms with Crippen LogP contribution >= 0.6 is 0 Å². The SMILES string of the molecule is CCCc1ccc(NC(=O)COc2ccc(C=O)cc2)cc1. The Morgan fingerprint density at radius 2 is 1.77 bits per heavy atom. The highest BCUT2D eigenvalue weighted by Crippen LogP contribution is 2.13. The van der Waals surface area contributed by atoms with E-state index in [-0.39, 0.29) is 12.5 Å². The van der Waals surface area contributed by atoms with Gasteiger partial charge in [0.2, 0.25) is 0 Å². The van der Waals surface area contributed by atoms with Crippen LogP contribution in [0.1, 0.15) is 29.3 Å². The fourth-order valence-corrected chi connectivity index (χ4v) is 2.03. The lowest BCUT2D eigenvalue weighted by Crippen LogP contribution is -2.20. The van der Waals surface area contributed by atoms with Crippen molar-refractivity contribution in [2.45, 2.75) is 19.8 Å². The molecule has 0 unspecified atom stereocenters. The van der Waals surface area contributed by atoms with Crippen LogP contribution in [0.2, 0.25) is 0 Å². The molecule has 0 aliphatic heterocycles. The molecule has 0 heterocycles. The number of amides is 1. The predicted octanol–water partition coefficient (Wildman–Crippen LogP) is 3.47. The van der Waals surface area contributed by atoms with Crippen LogP contribution in [0.15, 0.2) is 48.5 Å². The first kappa shape index (κ1) is 15.8. The van der Waals surface area contributed by atoms with Crippen molar-refractivity contribution < 1.29 is 14.3 Å². The highest BCUT2D eigenvalue weighted by atomic mass is 16.5. The lowest BCUT2D eigenvalue weighted by Gasteiger charge is -2.08. The molecule has 0 saturated carbocycles. The van der Waals surface area contributed by atoms with E-state index in [1.165, 1.54) is 5.56 Å². The molecule has 0 aliphatic rings. The summed E-state index contributed by atoms with van der Waals surface area (Å²) in [6.07, 6.45) is 2.90. The van der Waals surface area contributed by atoms with Gasteiger partial charge in [-0.05, 0) is 48.4 Å². The number of aldehydes is 1. The van der Waals surface area contributed by atoms with Gasteiger partial charge in [-0.3, -0.25) is 9.59 Å². The second kappa shape index (κ2) is 7.98. The quantitative estimate of drug-likeness (QED) is 0.796. The average Bonchev–Trinajstić information content (AvgIpc) is 2.55. The number of anilines is 1. The third kappa shape index (κ3) is 4.74. The largest absolute Gasteiger partial charge is 0.484 e. The Bertz CT molecular complexity index is 618. The highest BCUT2D eigenvalue weighted by Gasteiger charge is 2.04. The molecule has 22 heavy (non-hydrogen) atoms. The number of rotatable bonds is 7. The Morgan fingerprint density at radius 1 is 1.09 bits per heavy atom. The summed E-state index contributed by atoms with van der Waals surface area (Å²) in [6, 6.07) is 14.4. The fraction of sp³-hybridized carbons (Fsp3) is 0.222. The van der Waals surface area contributed by atoms with Crippen LogP contribution in [0, 0.1) is 0 Å². The minimum atomic E-state index is -0.220. The van der Waals surface area contributed by atoms with Crippen LogP contribution < -0.4 is 10.1 Å². The van der Waals surface area contributed by atoms with Crippen molar-refractivity contribution in [2.24, 2.45) is 0 Å². The maximum Gasteiger partial charge on any atom is 0.262 e. The number of ether oxygens (including phenoxy) is 1. The first-order valence-corrected chi connectivity index (χ1v) is 7.28. The second-order valence-electron chi connectivity index (χ2n) is 4.97. The summed E-state index contributed by atoms with van der Waals surface area (Å²) in [5.74, 6) is 0.335. The summed E-state index contributed by atoms with van der Waals surface area (Å²) in [4.78, 5) is 22.4. The molecule has 0 bridgehead atoms. The average molecular weight is 297 g/mol. The van der Waals surface area contributed by atoms with Crippen molar-refractivity contribution >= 4 is 17.9 Å². The number of carbonyl (C=O) groups is 2. The number of aryl methyl sites for hydroxylation is 1. The fourth-order valence-electron chi connectivity index (χ4n) is 2.03. The van der Waals surface area contributed by atoms with E-state index < -0.39 is 0 Å². The number of hydrogen-bond donors (Lipinski definition) is 1. The molecule has 0 saturated heterocycles. The van der Waals surface area contributed by atoms with Gasteiger partial charge in [0.1, 0.15) is 12.0 Å². The van der Waals surface area contributed by atoms with Crippen molar-refractivity contribution in [2.75, 3.05) is 11.9 Å². The number of nitrogens with one attached hydrogen (secondary N) is 1. The topological polar surface area (TPSA) is 55.4 Å². The van der Waals surface area contributed by atoms with Gasteiger partial charge < -0.3 is 10.1 Å². The first-order valence-electron chi connectivity index (χ1n) is 7.28. The van der Waals surface area contributed by atoms with Crippen molar-refractivity contribution in [1.29, 1.82) is 0 Å². The zero-order valence-corrected chi connectivity index (χ0v) is 12.5. The third-order valence-corrected chi connectivity index (χ3v) is 3.16.